The van der Waals surface area contributed by atoms with Crippen molar-refractivity contribution in [2.75, 3.05) is 45.8 Å². The summed E-state index contributed by atoms with van der Waals surface area (Å²) in [5, 5.41) is 3.42. The lowest BCUT2D eigenvalue weighted by atomic mass is 9.89. The van der Waals surface area contributed by atoms with E-state index in [1.807, 2.05) is 0 Å². The Bertz CT molecular complexity index is 591. The molecule has 2 fully saturated rings. The van der Waals surface area contributed by atoms with Crippen LogP contribution in [0.15, 0.2) is 29.4 Å². The normalized spacial score (nSPS) is 28.0. The SMILES string of the molecule is CC1(CN2CCN(S(=O)(=O)c3cccnc3)CC2)CCNC1. The molecule has 1 aromatic rings. The summed E-state index contributed by atoms with van der Waals surface area (Å²) in [6.45, 7) is 8.21. The van der Waals surface area contributed by atoms with E-state index in [4.69, 9.17) is 0 Å². The van der Waals surface area contributed by atoms with E-state index in [0.717, 1.165) is 32.7 Å². The Morgan fingerprint density at radius 1 is 1.32 bits per heavy atom. The van der Waals surface area contributed by atoms with E-state index in [-0.39, 0.29) is 4.90 Å². The number of sulfonamides is 1. The maximum atomic E-state index is 12.6. The van der Waals surface area contributed by atoms with Gasteiger partial charge in [-0.1, -0.05) is 6.92 Å². The van der Waals surface area contributed by atoms with Gasteiger partial charge in [-0.15, -0.1) is 0 Å². The molecule has 7 heteroatoms. The smallest absolute Gasteiger partial charge is 0.244 e. The van der Waals surface area contributed by atoms with Crippen molar-refractivity contribution >= 4 is 10.0 Å². The standard InChI is InChI=1S/C15H24N4O2S/c1-15(4-6-17-12-15)13-18-7-9-19(10-8-18)22(20,21)14-3-2-5-16-11-14/h2-3,5,11,17H,4,6-10,12-13H2,1H3. The number of nitrogens with zero attached hydrogens (tertiary/aromatic N) is 3. The van der Waals surface area contributed by atoms with Gasteiger partial charge in [0.2, 0.25) is 10.0 Å². The number of hydrogen-bond donors (Lipinski definition) is 1. The Morgan fingerprint density at radius 2 is 2.09 bits per heavy atom. The van der Waals surface area contributed by atoms with Gasteiger partial charge in [-0.3, -0.25) is 4.98 Å². The third-order valence-electron chi connectivity index (χ3n) is 4.67. The van der Waals surface area contributed by atoms with Crippen LogP contribution in [0.3, 0.4) is 0 Å². The first-order valence-electron chi connectivity index (χ1n) is 7.83. The zero-order chi connectivity index (χ0) is 15.6. The maximum absolute atomic E-state index is 12.6. The number of nitrogens with one attached hydrogen (secondary N) is 1. The van der Waals surface area contributed by atoms with Crippen molar-refractivity contribution in [2.45, 2.75) is 18.2 Å². The van der Waals surface area contributed by atoms with Crippen LogP contribution in [-0.4, -0.2) is 68.4 Å². The van der Waals surface area contributed by atoms with Gasteiger partial charge in [-0.25, -0.2) is 8.42 Å². The molecule has 1 aromatic heterocycles. The van der Waals surface area contributed by atoms with Crippen LogP contribution in [-0.2, 0) is 10.0 Å². The van der Waals surface area contributed by atoms with Gasteiger partial charge < -0.3 is 10.2 Å². The number of aromatic nitrogens is 1. The molecular weight excluding hydrogens is 300 g/mol. The quantitative estimate of drug-likeness (QED) is 0.868. The van der Waals surface area contributed by atoms with Crippen LogP contribution in [0.4, 0.5) is 0 Å². The van der Waals surface area contributed by atoms with Gasteiger partial charge in [0.1, 0.15) is 4.90 Å². The molecule has 0 aliphatic carbocycles. The molecule has 0 aromatic carbocycles. The van der Waals surface area contributed by atoms with Crippen molar-refractivity contribution < 1.29 is 8.42 Å². The van der Waals surface area contributed by atoms with E-state index in [2.05, 4.69) is 22.1 Å². The van der Waals surface area contributed by atoms with Crippen molar-refractivity contribution in [1.82, 2.24) is 19.5 Å². The average molecular weight is 324 g/mol. The largest absolute Gasteiger partial charge is 0.316 e. The molecule has 1 N–H and O–H groups in total. The summed E-state index contributed by atoms with van der Waals surface area (Å²) >= 11 is 0. The lowest BCUT2D eigenvalue weighted by Crippen LogP contribution is -2.51. The van der Waals surface area contributed by atoms with Crippen molar-refractivity contribution in [3.05, 3.63) is 24.5 Å². The molecule has 2 saturated heterocycles. The fourth-order valence-corrected chi connectivity index (χ4v) is 4.71. The summed E-state index contributed by atoms with van der Waals surface area (Å²) in [6, 6.07) is 3.27. The molecule has 0 radical (unpaired) electrons. The molecule has 3 heterocycles. The monoisotopic (exact) mass is 324 g/mol. The van der Waals surface area contributed by atoms with Crippen molar-refractivity contribution in [3.63, 3.8) is 0 Å². The zero-order valence-electron chi connectivity index (χ0n) is 13.0. The lowest BCUT2D eigenvalue weighted by Gasteiger charge is -2.38. The highest BCUT2D eigenvalue weighted by atomic mass is 32.2. The molecule has 3 rings (SSSR count). The van der Waals surface area contributed by atoms with E-state index in [1.165, 1.54) is 12.6 Å². The first-order valence-corrected chi connectivity index (χ1v) is 9.27. The first-order chi connectivity index (χ1) is 10.5. The number of pyridine rings is 1. The van der Waals surface area contributed by atoms with Gasteiger partial charge in [0.05, 0.1) is 0 Å². The minimum atomic E-state index is -3.40. The molecule has 22 heavy (non-hydrogen) atoms. The van der Waals surface area contributed by atoms with Gasteiger partial charge in [0, 0.05) is 51.7 Å². The highest BCUT2D eigenvalue weighted by Gasteiger charge is 2.34. The Balaban J connectivity index is 1.60. The summed E-state index contributed by atoms with van der Waals surface area (Å²) < 4.78 is 26.7. The predicted octanol–water partition coefficient (Wildman–Crippen LogP) is 0.388. The third kappa shape index (κ3) is 3.32. The van der Waals surface area contributed by atoms with Gasteiger partial charge in [0.25, 0.3) is 0 Å². The molecular formula is C15H24N4O2S. The van der Waals surface area contributed by atoms with Crippen LogP contribution in [0.1, 0.15) is 13.3 Å². The van der Waals surface area contributed by atoms with E-state index >= 15 is 0 Å². The predicted molar refractivity (Wildman–Crippen MR) is 85.0 cm³/mol. The Hall–Kier alpha value is -1.02. The van der Waals surface area contributed by atoms with Crippen LogP contribution in [0.2, 0.25) is 0 Å². The van der Waals surface area contributed by atoms with Crippen LogP contribution in [0.25, 0.3) is 0 Å². The minimum Gasteiger partial charge on any atom is -0.316 e. The van der Waals surface area contributed by atoms with E-state index in [1.54, 1.807) is 22.6 Å². The molecule has 1 atom stereocenters. The summed E-state index contributed by atoms with van der Waals surface area (Å²) in [5.74, 6) is 0. The Labute approximate surface area is 132 Å². The van der Waals surface area contributed by atoms with Crippen molar-refractivity contribution in [3.8, 4) is 0 Å². The Morgan fingerprint density at radius 3 is 2.68 bits per heavy atom. The van der Waals surface area contributed by atoms with E-state index in [0.29, 0.717) is 18.5 Å². The van der Waals surface area contributed by atoms with Crippen molar-refractivity contribution in [1.29, 1.82) is 0 Å². The molecule has 2 aliphatic rings. The van der Waals surface area contributed by atoms with Crippen LogP contribution in [0, 0.1) is 5.41 Å². The fourth-order valence-electron chi connectivity index (χ4n) is 3.32. The number of rotatable bonds is 4. The summed E-state index contributed by atoms with van der Waals surface area (Å²) in [4.78, 5) is 6.59. The summed E-state index contributed by atoms with van der Waals surface area (Å²) in [6.07, 6.45) is 4.21. The van der Waals surface area contributed by atoms with Gasteiger partial charge >= 0.3 is 0 Å². The second kappa shape index (κ2) is 6.23. The third-order valence-corrected chi connectivity index (χ3v) is 6.55. The van der Waals surface area contributed by atoms with Crippen LogP contribution in [0.5, 0.6) is 0 Å². The first kappa shape index (κ1) is 15.9. The molecule has 2 aliphatic heterocycles. The highest BCUT2D eigenvalue weighted by molar-refractivity contribution is 7.89. The highest BCUT2D eigenvalue weighted by Crippen LogP contribution is 2.26. The molecule has 0 saturated carbocycles. The molecule has 0 amide bonds. The molecule has 1 unspecified atom stereocenters. The fraction of sp³-hybridized carbons (Fsp3) is 0.667. The zero-order valence-corrected chi connectivity index (χ0v) is 13.8. The lowest BCUT2D eigenvalue weighted by molar-refractivity contribution is 0.132. The summed E-state index contributed by atoms with van der Waals surface area (Å²) in [7, 11) is -3.40. The van der Waals surface area contributed by atoms with Gasteiger partial charge in [-0.05, 0) is 30.5 Å². The van der Waals surface area contributed by atoms with E-state index < -0.39 is 10.0 Å². The van der Waals surface area contributed by atoms with Crippen molar-refractivity contribution in [2.24, 2.45) is 5.41 Å². The number of hydrogen-bond acceptors (Lipinski definition) is 5. The molecule has 0 spiro atoms. The summed E-state index contributed by atoms with van der Waals surface area (Å²) in [5.41, 5.74) is 0.324. The van der Waals surface area contributed by atoms with Gasteiger partial charge in [0.15, 0.2) is 0 Å². The Kier molecular flexibility index (Phi) is 4.49. The average Bonchev–Trinajstić information content (AvgIpc) is 2.95. The second-order valence-electron chi connectivity index (χ2n) is 6.61. The molecule has 0 bridgehead atoms. The minimum absolute atomic E-state index is 0.287. The topological polar surface area (TPSA) is 65.5 Å². The van der Waals surface area contributed by atoms with Crippen LogP contribution < -0.4 is 5.32 Å². The van der Waals surface area contributed by atoms with E-state index in [9.17, 15) is 8.42 Å². The molecule has 122 valence electrons. The van der Waals surface area contributed by atoms with Crippen LogP contribution >= 0.6 is 0 Å². The second-order valence-corrected chi connectivity index (χ2v) is 8.54. The number of piperazine rings is 1. The maximum Gasteiger partial charge on any atom is 0.244 e. The van der Waals surface area contributed by atoms with Gasteiger partial charge in [-0.2, -0.15) is 4.31 Å². The molecule has 6 nitrogen and oxygen atoms in total.